The number of rotatable bonds is 4. The highest BCUT2D eigenvalue weighted by atomic mass is 35.5. The second-order valence-electron chi connectivity index (χ2n) is 6.19. The van der Waals surface area contributed by atoms with Gasteiger partial charge in [0.25, 0.3) is 0 Å². The standard InChI is InChI=1S/C17H15ClN4O3S2/c18-16-4-2-13(8-19-16)27(24,25)22-6-5-11(9-22)17(23)21-12-1-3-15-14(7-12)20-10-26-15/h1-4,7-8,10-11H,5-6,9H2,(H,21,23)/t11-/m1/s1. The average Bonchev–Trinajstić information content (AvgIpc) is 3.31. The van der Waals surface area contributed by atoms with Gasteiger partial charge in [0.05, 0.1) is 21.6 Å². The summed E-state index contributed by atoms with van der Waals surface area (Å²) >= 11 is 7.25. The molecule has 0 bridgehead atoms. The minimum absolute atomic E-state index is 0.0712. The van der Waals surface area contributed by atoms with Crippen molar-refractivity contribution >= 4 is 54.8 Å². The Morgan fingerprint density at radius 1 is 1.26 bits per heavy atom. The molecule has 1 amide bonds. The monoisotopic (exact) mass is 422 g/mol. The molecule has 4 rings (SSSR count). The molecule has 0 spiro atoms. The van der Waals surface area contributed by atoms with Crippen LogP contribution in [0.3, 0.4) is 0 Å². The molecule has 0 radical (unpaired) electrons. The molecule has 2 aromatic heterocycles. The molecule has 10 heteroatoms. The van der Waals surface area contributed by atoms with Crippen LogP contribution < -0.4 is 5.32 Å². The van der Waals surface area contributed by atoms with Crippen molar-refractivity contribution in [3.05, 3.63) is 47.2 Å². The molecule has 1 aromatic carbocycles. The number of carbonyl (C=O) groups excluding carboxylic acids is 1. The molecule has 1 aliphatic heterocycles. The van der Waals surface area contributed by atoms with Crippen LogP contribution in [-0.2, 0) is 14.8 Å². The maximum atomic E-state index is 12.7. The zero-order chi connectivity index (χ0) is 19.0. The van der Waals surface area contributed by atoms with E-state index in [1.807, 2.05) is 18.2 Å². The molecular formula is C17H15ClN4O3S2. The smallest absolute Gasteiger partial charge is 0.244 e. The largest absolute Gasteiger partial charge is 0.326 e. The van der Waals surface area contributed by atoms with Crippen molar-refractivity contribution in [2.75, 3.05) is 18.4 Å². The van der Waals surface area contributed by atoms with Crippen molar-refractivity contribution in [1.82, 2.24) is 14.3 Å². The fourth-order valence-electron chi connectivity index (χ4n) is 3.00. The number of aromatic nitrogens is 2. The highest BCUT2D eigenvalue weighted by molar-refractivity contribution is 7.89. The topological polar surface area (TPSA) is 92.3 Å². The van der Waals surface area contributed by atoms with Gasteiger partial charge in [-0.2, -0.15) is 4.31 Å². The minimum atomic E-state index is -3.69. The van der Waals surface area contributed by atoms with Gasteiger partial charge < -0.3 is 5.32 Å². The lowest BCUT2D eigenvalue weighted by molar-refractivity contribution is -0.119. The minimum Gasteiger partial charge on any atom is -0.326 e. The lowest BCUT2D eigenvalue weighted by Crippen LogP contribution is -2.31. The lowest BCUT2D eigenvalue weighted by atomic mass is 10.1. The fraction of sp³-hybridized carbons (Fsp3) is 0.235. The first-order chi connectivity index (χ1) is 12.9. The molecule has 1 N–H and O–H groups in total. The SMILES string of the molecule is O=C(Nc1ccc2scnc2c1)[C@@H]1CCN(S(=O)(=O)c2ccc(Cl)nc2)C1. The second-order valence-corrected chi connectivity index (χ2v) is 9.40. The Hall–Kier alpha value is -2.07. The summed E-state index contributed by atoms with van der Waals surface area (Å²) in [6, 6.07) is 8.39. The van der Waals surface area contributed by atoms with Crippen molar-refractivity contribution < 1.29 is 13.2 Å². The number of nitrogens with one attached hydrogen (secondary N) is 1. The third-order valence-corrected chi connectivity index (χ3v) is 7.34. The molecule has 0 unspecified atom stereocenters. The Balaban J connectivity index is 1.45. The van der Waals surface area contributed by atoms with Crippen LogP contribution >= 0.6 is 22.9 Å². The first-order valence-electron chi connectivity index (χ1n) is 8.19. The molecule has 27 heavy (non-hydrogen) atoms. The van der Waals surface area contributed by atoms with E-state index in [9.17, 15) is 13.2 Å². The Morgan fingerprint density at radius 3 is 2.89 bits per heavy atom. The van der Waals surface area contributed by atoms with Gasteiger partial charge >= 0.3 is 0 Å². The number of amides is 1. The molecule has 1 atom stereocenters. The van der Waals surface area contributed by atoms with E-state index in [0.717, 1.165) is 10.2 Å². The number of carbonyl (C=O) groups is 1. The fourth-order valence-corrected chi connectivity index (χ4v) is 5.22. The number of hydrogen-bond acceptors (Lipinski definition) is 6. The summed E-state index contributed by atoms with van der Waals surface area (Å²) in [7, 11) is -3.69. The lowest BCUT2D eigenvalue weighted by Gasteiger charge is -2.16. The van der Waals surface area contributed by atoms with E-state index in [4.69, 9.17) is 11.6 Å². The summed E-state index contributed by atoms with van der Waals surface area (Å²) in [6.07, 6.45) is 1.69. The molecule has 1 fully saturated rings. The van der Waals surface area contributed by atoms with Crippen LogP contribution in [0.25, 0.3) is 10.2 Å². The van der Waals surface area contributed by atoms with Gasteiger partial charge in [0.2, 0.25) is 15.9 Å². The third-order valence-electron chi connectivity index (χ3n) is 4.46. The highest BCUT2D eigenvalue weighted by Gasteiger charge is 2.36. The number of sulfonamides is 1. The average molecular weight is 423 g/mol. The van der Waals surface area contributed by atoms with Gasteiger partial charge in [-0.05, 0) is 36.8 Å². The maximum Gasteiger partial charge on any atom is 0.244 e. The first-order valence-corrected chi connectivity index (χ1v) is 10.9. The van der Waals surface area contributed by atoms with Gasteiger partial charge in [-0.3, -0.25) is 4.79 Å². The molecule has 140 valence electrons. The van der Waals surface area contributed by atoms with Crippen LogP contribution in [0.1, 0.15) is 6.42 Å². The molecule has 7 nitrogen and oxygen atoms in total. The van der Waals surface area contributed by atoms with E-state index in [0.29, 0.717) is 12.1 Å². The van der Waals surface area contributed by atoms with Gasteiger partial charge in [-0.25, -0.2) is 18.4 Å². The van der Waals surface area contributed by atoms with Gasteiger partial charge in [-0.1, -0.05) is 11.6 Å². The Kier molecular flexibility index (Phi) is 4.85. The first kappa shape index (κ1) is 18.3. The van der Waals surface area contributed by atoms with E-state index >= 15 is 0 Å². The number of nitrogens with zero attached hydrogens (tertiary/aromatic N) is 3. The molecule has 1 aliphatic rings. The Labute approximate surface area is 165 Å². The van der Waals surface area contributed by atoms with Crippen LogP contribution in [0.4, 0.5) is 5.69 Å². The van der Waals surface area contributed by atoms with Crippen LogP contribution in [0.5, 0.6) is 0 Å². The number of halogens is 1. The van der Waals surface area contributed by atoms with Gasteiger partial charge in [0, 0.05) is 25.0 Å². The summed E-state index contributed by atoms with van der Waals surface area (Å²) in [4.78, 5) is 20.7. The molecule has 3 heterocycles. The van der Waals surface area contributed by atoms with Crippen molar-refractivity contribution in [2.45, 2.75) is 11.3 Å². The highest BCUT2D eigenvalue weighted by Crippen LogP contribution is 2.26. The Bertz CT molecular complexity index is 1100. The number of benzene rings is 1. The normalized spacial score (nSPS) is 18.0. The quantitative estimate of drug-likeness (QED) is 0.652. The zero-order valence-electron chi connectivity index (χ0n) is 14.0. The summed E-state index contributed by atoms with van der Waals surface area (Å²) in [5, 5.41) is 3.09. The summed E-state index contributed by atoms with van der Waals surface area (Å²) in [5.41, 5.74) is 3.23. The predicted octanol–water partition coefficient (Wildman–Crippen LogP) is 2.99. The zero-order valence-corrected chi connectivity index (χ0v) is 16.4. The van der Waals surface area contributed by atoms with Crippen LogP contribution in [-0.4, -0.2) is 41.7 Å². The van der Waals surface area contributed by atoms with Gasteiger partial charge in [-0.15, -0.1) is 11.3 Å². The summed E-state index contributed by atoms with van der Waals surface area (Å²) in [6.45, 7) is 0.421. The number of hydrogen-bond donors (Lipinski definition) is 1. The molecule has 0 aliphatic carbocycles. The number of pyridine rings is 1. The summed E-state index contributed by atoms with van der Waals surface area (Å²) in [5.74, 6) is -0.609. The van der Waals surface area contributed by atoms with Gasteiger partial charge in [0.1, 0.15) is 10.0 Å². The summed E-state index contributed by atoms with van der Waals surface area (Å²) < 4.78 is 27.7. The molecular weight excluding hydrogens is 408 g/mol. The number of thiazole rings is 1. The number of anilines is 1. The van der Waals surface area contributed by atoms with Crippen LogP contribution in [0.2, 0.25) is 5.15 Å². The van der Waals surface area contributed by atoms with Crippen molar-refractivity contribution in [1.29, 1.82) is 0 Å². The van der Waals surface area contributed by atoms with E-state index in [1.54, 1.807) is 5.51 Å². The van der Waals surface area contributed by atoms with E-state index in [1.165, 1.54) is 34.0 Å². The van der Waals surface area contributed by atoms with E-state index in [-0.39, 0.29) is 29.0 Å². The maximum absolute atomic E-state index is 12.7. The van der Waals surface area contributed by atoms with Crippen molar-refractivity contribution in [3.63, 3.8) is 0 Å². The Morgan fingerprint density at radius 2 is 2.11 bits per heavy atom. The predicted molar refractivity (Wildman–Crippen MR) is 104 cm³/mol. The van der Waals surface area contributed by atoms with Gasteiger partial charge in [0.15, 0.2) is 0 Å². The van der Waals surface area contributed by atoms with Crippen molar-refractivity contribution in [3.8, 4) is 0 Å². The van der Waals surface area contributed by atoms with E-state index < -0.39 is 15.9 Å². The van der Waals surface area contributed by atoms with Crippen LogP contribution in [0, 0.1) is 5.92 Å². The van der Waals surface area contributed by atoms with Crippen LogP contribution in [0.15, 0.2) is 46.9 Å². The number of fused-ring (bicyclic) bond motifs is 1. The molecule has 0 saturated carbocycles. The van der Waals surface area contributed by atoms with Crippen molar-refractivity contribution in [2.24, 2.45) is 5.92 Å². The third kappa shape index (κ3) is 3.68. The molecule has 3 aromatic rings. The molecule has 1 saturated heterocycles. The van der Waals surface area contributed by atoms with E-state index in [2.05, 4.69) is 15.3 Å². The second kappa shape index (κ2) is 7.16.